The fraction of sp³-hybridized carbons (Fsp3) is 0. The lowest BCUT2D eigenvalue weighted by Crippen LogP contribution is -2.08. The van der Waals surface area contributed by atoms with E-state index in [2.05, 4.69) is 54.6 Å². The van der Waals surface area contributed by atoms with Crippen LogP contribution in [0.3, 0.4) is 0 Å². The normalized spacial score (nSPS) is 11.3. The Bertz CT molecular complexity index is 1290. The molecule has 5 rings (SSSR count). The highest BCUT2D eigenvalue weighted by Crippen LogP contribution is 2.35. The van der Waals surface area contributed by atoms with Crippen molar-refractivity contribution in [2.24, 2.45) is 0 Å². The Hall–Kier alpha value is -3.30. The first-order valence-electron chi connectivity index (χ1n) is 9.12. The molecule has 4 aromatic carbocycles. The minimum atomic E-state index is -0.373. The summed E-state index contributed by atoms with van der Waals surface area (Å²) in [7, 11) is -0.373. The highest BCUT2D eigenvalue weighted by molar-refractivity contribution is 7.97. The fourth-order valence-electron chi connectivity index (χ4n) is 3.46. The molecule has 2 nitrogen and oxygen atoms in total. The van der Waals surface area contributed by atoms with Crippen molar-refractivity contribution >= 4 is 32.8 Å². The van der Waals surface area contributed by atoms with E-state index in [1.165, 1.54) is 9.79 Å². The van der Waals surface area contributed by atoms with Crippen LogP contribution in [0.25, 0.3) is 21.9 Å². The lowest BCUT2D eigenvalue weighted by molar-refractivity contribution is 0.651. The summed E-state index contributed by atoms with van der Waals surface area (Å²) in [5.74, 6) is 0. The highest BCUT2D eigenvalue weighted by Gasteiger charge is 2.32. The van der Waals surface area contributed by atoms with Gasteiger partial charge in [0.15, 0.2) is 15.4 Å². The number of hydrogen-bond acceptors (Lipinski definition) is 2. The predicted molar refractivity (Wildman–Crippen MR) is 115 cm³/mol. The Kier molecular flexibility index (Phi) is 4.22. The second-order valence-corrected chi connectivity index (χ2v) is 8.49. The molecule has 1 heterocycles. The van der Waals surface area contributed by atoms with Gasteiger partial charge < -0.3 is 4.42 Å². The zero-order valence-electron chi connectivity index (χ0n) is 15.0. The van der Waals surface area contributed by atoms with Gasteiger partial charge in [0.2, 0.25) is 10.3 Å². The van der Waals surface area contributed by atoms with E-state index >= 15 is 0 Å². The predicted octanol–water partition coefficient (Wildman–Crippen LogP) is 6.04. The standard InChI is InChI=1S/C25H17O2S/c26-24-20-14-7-8-16-22(20)27-25-21(24)15-9-17-23(25)28(18-10-3-1-4-11-18)19-12-5-2-6-13-19/h1-17H/q+1. The maximum Gasteiger partial charge on any atom is 0.209 e. The van der Waals surface area contributed by atoms with E-state index in [-0.39, 0.29) is 16.3 Å². The van der Waals surface area contributed by atoms with Crippen molar-refractivity contribution in [3.63, 3.8) is 0 Å². The smallest absolute Gasteiger partial charge is 0.209 e. The molecule has 5 aromatic rings. The second kappa shape index (κ2) is 7.02. The molecule has 134 valence electrons. The van der Waals surface area contributed by atoms with Gasteiger partial charge in [-0.1, -0.05) is 54.6 Å². The topological polar surface area (TPSA) is 30.2 Å². The number of benzene rings is 4. The molecule has 0 aliphatic carbocycles. The first-order chi connectivity index (χ1) is 13.8. The molecule has 0 N–H and O–H groups in total. The maximum atomic E-state index is 13.1. The molecule has 1 aromatic heterocycles. The summed E-state index contributed by atoms with van der Waals surface area (Å²) in [5, 5.41) is 1.24. The van der Waals surface area contributed by atoms with Crippen molar-refractivity contribution < 1.29 is 4.42 Å². The van der Waals surface area contributed by atoms with Crippen LogP contribution in [-0.2, 0) is 10.9 Å². The minimum absolute atomic E-state index is 0.0170. The summed E-state index contributed by atoms with van der Waals surface area (Å²) < 4.78 is 6.29. The van der Waals surface area contributed by atoms with Crippen molar-refractivity contribution in [1.29, 1.82) is 0 Å². The quantitative estimate of drug-likeness (QED) is 0.282. The highest BCUT2D eigenvalue weighted by atomic mass is 32.2. The van der Waals surface area contributed by atoms with Crippen LogP contribution in [0.1, 0.15) is 0 Å². The molecule has 0 saturated heterocycles. The van der Waals surface area contributed by atoms with Crippen LogP contribution >= 0.6 is 0 Å². The Morgan fingerprint density at radius 1 is 0.571 bits per heavy atom. The zero-order valence-corrected chi connectivity index (χ0v) is 15.9. The Labute approximate surface area is 165 Å². The lowest BCUT2D eigenvalue weighted by Gasteiger charge is -2.10. The minimum Gasteiger partial charge on any atom is -0.450 e. The fourth-order valence-corrected chi connectivity index (χ4v) is 5.65. The van der Waals surface area contributed by atoms with Gasteiger partial charge in [-0.05, 0) is 48.5 Å². The molecule has 0 atom stereocenters. The SMILES string of the molecule is O=c1c2ccccc2oc2c([S+](c3ccccc3)c3ccccc3)cccc12. The van der Waals surface area contributed by atoms with Crippen LogP contribution in [-0.4, -0.2) is 0 Å². The van der Waals surface area contributed by atoms with Gasteiger partial charge in [-0.2, -0.15) is 0 Å². The molecule has 0 aliphatic heterocycles. The van der Waals surface area contributed by atoms with E-state index in [0.29, 0.717) is 21.9 Å². The van der Waals surface area contributed by atoms with E-state index in [1.54, 1.807) is 0 Å². The van der Waals surface area contributed by atoms with Crippen LogP contribution in [0, 0.1) is 0 Å². The van der Waals surface area contributed by atoms with E-state index < -0.39 is 0 Å². The molecule has 0 amide bonds. The molecule has 0 fully saturated rings. The third-order valence-electron chi connectivity index (χ3n) is 4.74. The van der Waals surface area contributed by atoms with E-state index in [9.17, 15) is 4.79 Å². The first-order valence-corrected chi connectivity index (χ1v) is 10.3. The summed E-state index contributed by atoms with van der Waals surface area (Å²) in [4.78, 5) is 16.5. The average molecular weight is 381 g/mol. The van der Waals surface area contributed by atoms with Crippen molar-refractivity contribution in [3.8, 4) is 0 Å². The summed E-state index contributed by atoms with van der Waals surface area (Å²) in [6.45, 7) is 0. The molecule has 0 radical (unpaired) electrons. The summed E-state index contributed by atoms with van der Waals surface area (Å²) in [5.41, 5.74) is 1.31. The van der Waals surface area contributed by atoms with Gasteiger partial charge in [0.25, 0.3) is 0 Å². The van der Waals surface area contributed by atoms with Gasteiger partial charge in [0.1, 0.15) is 16.5 Å². The third-order valence-corrected chi connectivity index (χ3v) is 6.99. The van der Waals surface area contributed by atoms with Gasteiger partial charge in [0, 0.05) is 0 Å². The van der Waals surface area contributed by atoms with E-state index in [1.807, 2.05) is 48.5 Å². The number of rotatable bonds is 3. The van der Waals surface area contributed by atoms with Crippen LogP contribution < -0.4 is 5.43 Å². The summed E-state index contributed by atoms with van der Waals surface area (Å²) in [6, 6.07) is 34.1. The molecule has 0 aliphatic rings. The van der Waals surface area contributed by atoms with Crippen molar-refractivity contribution in [2.75, 3.05) is 0 Å². The Balaban J connectivity index is 1.86. The van der Waals surface area contributed by atoms with Crippen LogP contribution in [0.4, 0.5) is 0 Å². The molecule has 0 bridgehead atoms. The molecular formula is C25H17O2S+. The Morgan fingerprint density at radius 2 is 1.14 bits per heavy atom. The third kappa shape index (κ3) is 2.81. The van der Waals surface area contributed by atoms with Gasteiger partial charge in [0.05, 0.1) is 10.8 Å². The van der Waals surface area contributed by atoms with Gasteiger partial charge in [-0.3, -0.25) is 4.79 Å². The molecule has 0 saturated carbocycles. The number of hydrogen-bond donors (Lipinski definition) is 0. The maximum absolute atomic E-state index is 13.1. The summed E-state index contributed by atoms with van der Waals surface area (Å²) in [6.07, 6.45) is 0. The van der Waals surface area contributed by atoms with Gasteiger partial charge in [-0.25, -0.2) is 0 Å². The van der Waals surface area contributed by atoms with Gasteiger partial charge in [-0.15, -0.1) is 0 Å². The number of fused-ring (bicyclic) bond motifs is 2. The summed E-state index contributed by atoms with van der Waals surface area (Å²) >= 11 is 0. The average Bonchev–Trinajstić information content (AvgIpc) is 2.76. The molecule has 0 spiro atoms. The van der Waals surface area contributed by atoms with Gasteiger partial charge >= 0.3 is 0 Å². The lowest BCUT2D eigenvalue weighted by atomic mass is 10.1. The van der Waals surface area contributed by atoms with Crippen molar-refractivity contribution in [1.82, 2.24) is 0 Å². The first kappa shape index (κ1) is 16.8. The van der Waals surface area contributed by atoms with Crippen LogP contribution in [0.15, 0.2) is 127 Å². The van der Waals surface area contributed by atoms with Crippen molar-refractivity contribution in [2.45, 2.75) is 14.7 Å². The molecular weight excluding hydrogens is 364 g/mol. The number of para-hydroxylation sites is 2. The van der Waals surface area contributed by atoms with Crippen LogP contribution in [0.5, 0.6) is 0 Å². The largest absolute Gasteiger partial charge is 0.450 e. The Morgan fingerprint density at radius 3 is 1.82 bits per heavy atom. The molecule has 28 heavy (non-hydrogen) atoms. The molecule has 0 unspecified atom stereocenters. The van der Waals surface area contributed by atoms with Crippen LogP contribution in [0.2, 0.25) is 0 Å². The van der Waals surface area contributed by atoms with E-state index in [0.717, 1.165) is 4.90 Å². The zero-order chi connectivity index (χ0) is 18.9. The van der Waals surface area contributed by atoms with E-state index in [4.69, 9.17) is 4.42 Å². The molecule has 3 heteroatoms. The van der Waals surface area contributed by atoms with Crippen molar-refractivity contribution in [3.05, 3.63) is 113 Å². The monoisotopic (exact) mass is 381 g/mol. The second-order valence-electron chi connectivity index (χ2n) is 6.49.